The molecule has 0 aromatic carbocycles. The van der Waals surface area contributed by atoms with Crippen molar-refractivity contribution in [2.45, 2.75) is 50.5 Å². The van der Waals surface area contributed by atoms with Crippen LogP contribution in [0.3, 0.4) is 0 Å². The molecule has 1 unspecified atom stereocenters. The Hall–Kier alpha value is -0.940. The molecule has 5 heteroatoms. The summed E-state index contributed by atoms with van der Waals surface area (Å²) in [6.07, 6.45) is 7.54. The van der Waals surface area contributed by atoms with Crippen LogP contribution in [0.1, 0.15) is 59.8 Å². The van der Waals surface area contributed by atoms with Crippen molar-refractivity contribution in [1.82, 2.24) is 14.8 Å². The minimum Gasteiger partial charge on any atom is -0.335 e. The fraction of sp³-hybridized carbons (Fsp3) is 0.750. The van der Waals surface area contributed by atoms with E-state index in [4.69, 9.17) is 0 Å². The lowest BCUT2D eigenvalue weighted by Crippen LogP contribution is -2.52. The van der Waals surface area contributed by atoms with Crippen LogP contribution < -0.4 is 0 Å². The van der Waals surface area contributed by atoms with Crippen LogP contribution in [0.25, 0.3) is 0 Å². The summed E-state index contributed by atoms with van der Waals surface area (Å²) in [4.78, 5) is 23.0. The predicted molar refractivity (Wildman–Crippen MR) is 83.8 cm³/mol. The molecular weight excluding hydrogens is 282 g/mol. The van der Waals surface area contributed by atoms with Crippen molar-refractivity contribution in [3.8, 4) is 0 Å². The molecule has 2 saturated heterocycles. The first-order valence-electron chi connectivity index (χ1n) is 8.29. The Balaban J connectivity index is 1.51. The molecule has 0 N–H and O–H groups in total. The number of piperazine rings is 1. The molecule has 21 heavy (non-hydrogen) atoms. The molecule has 0 spiro atoms. The van der Waals surface area contributed by atoms with Crippen molar-refractivity contribution in [3.05, 3.63) is 16.1 Å². The van der Waals surface area contributed by atoms with E-state index in [0.717, 1.165) is 30.2 Å². The van der Waals surface area contributed by atoms with Crippen LogP contribution in [-0.4, -0.2) is 52.9 Å². The van der Waals surface area contributed by atoms with E-state index in [1.807, 2.05) is 5.51 Å². The normalized spacial score (nSPS) is 27.2. The van der Waals surface area contributed by atoms with Crippen molar-refractivity contribution < 1.29 is 4.79 Å². The molecular formula is C16H23N3OS. The van der Waals surface area contributed by atoms with Crippen LogP contribution in [0.4, 0.5) is 0 Å². The van der Waals surface area contributed by atoms with Crippen molar-refractivity contribution >= 4 is 17.2 Å². The van der Waals surface area contributed by atoms with Gasteiger partial charge in [-0.3, -0.25) is 9.69 Å². The zero-order valence-electron chi connectivity index (χ0n) is 12.5. The third-order valence-electron chi connectivity index (χ3n) is 5.41. The quantitative estimate of drug-likeness (QED) is 0.843. The number of carbonyl (C=O) groups is 1. The monoisotopic (exact) mass is 305 g/mol. The Kier molecular flexibility index (Phi) is 3.71. The van der Waals surface area contributed by atoms with E-state index < -0.39 is 0 Å². The average molecular weight is 305 g/mol. The molecule has 1 amide bonds. The highest BCUT2D eigenvalue weighted by Gasteiger charge is 2.34. The van der Waals surface area contributed by atoms with Crippen LogP contribution in [0.15, 0.2) is 5.51 Å². The molecule has 1 aromatic heterocycles. The maximum absolute atomic E-state index is 12.9. The minimum atomic E-state index is 0.242. The molecule has 0 bridgehead atoms. The second-order valence-corrected chi connectivity index (χ2v) is 7.49. The lowest BCUT2D eigenvalue weighted by molar-refractivity contribution is 0.0574. The van der Waals surface area contributed by atoms with Gasteiger partial charge in [0.1, 0.15) is 4.88 Å². The molecule has 3 fully saturated rings. The number of hydrogen-bond donors (Lipinski definition) is 0. The van der Waals surface area contributed by atoms with Gasteiger partial charge in [-0.1, -0.05) is 12.8 Å². The molecule has 114 valence electrons. The number of hydrogen-bond acceptors (Lipinski definition) is 4. The second kappa shape index (κ2) is 5.69. The summed E-state index contributed by atoms with van der Waals surface area (Å²) < 4.78 is 0. The average Bonchev–Trinajstić information content (AvgIpc) is 3.24. The number of aromatic nitrogens is 1. The van der Waals surface area contributed by atoms with Gasteiger partial charge in [-0.15, -0.1) is 11.3 Å². The number of amides is 1. The van der Waals surface area contributed by atoms with Gasteiger partial charge in [-0.25, -0.2) is 4.98 Å². The topological polar surface area (TPSA) is 36.4 Å². The van der Waals surface area contributed by atoms with Gasteiger partial charge < -0.3 is 4.90 Å². The molecule has 4 nitrogen and oxygen atoms in total. The van der Waals surface area contributed by atoms with Gasteiger partial charge in [-0.2, -0.15) is 0 Å². The Morgan fingerprint density at radius 3 is 2.86 bits per heavy atom. The maximum Gasteiger partial charge on any atom is 0.265 e. The molecule has 1 aliphatic carbocycles. The number of rotatable bonds is 2. The molecule has 1 saturated carbocycles. The Morgan fingerprint density at radius 1 is 1.14 bits per heavy atom. The van der Waals surface area contributed by atoms with Crippen molar-refractivity contribution in [3.63, 3.8) is 0 Å². The highest BCUT2D eigenvalue weighted by atomic mass is 32.1. The van der Waals surface area contributed by atoms with Gasteiger partial charge in [0.2, 0.25) is 0 Å². The van der Waals surface area contributed by atoms with Crippen LogP contribution in [0.2, 0.25) is 0 Å². The summed E-state index contributed by atoms with van der Waals surface area (Å²) in [6, 6.07) is 0.602. The van der Waals surface area contributed by atoms with Crippen LogP contribution >= 0.6 is 11.3 Å². The van der Waals surface area contributed by atoms with E-state index in [9.17, 15) is 4.79 Å². The fourth-order valence-electron chi connectivity index (χ4n) is 4.22. The molecule has 3 heterocycles. The second-order valence-electron chi connectivity index (χ2n) is 6.63. The fourth-order valence-corrected chi connectivity index (χ4v) is 5.07. The summed E-state index contributed by atoms with van der Waals surface area (Å²) in [7, 11) is 0. The Morgan fingerprint density at radius 2 is 2.00 bits per heavy atom. The summed E-state index contributed by atoms with van der Waals surface area (Å²) in [5, 5.41) is 0. The third kappa shape index (κ3) is 2.50. The molecule has 2 aliphatic heterocycles. The van der Waals surface area contributed by atoms with Gasteiger partial charge in [0.05, 0.1) is 11.2 Å². The van der Waals surface area contributed by atoms with Gasteiger partial charge in [0.25, 0.3) is 5.91 Å². The first kappa shape index (κ1) is 13.7. The lowest BCUT2D eigenvalue weighted by Gasteiger charge is -2.37. The first-order valence-corrected chi connectivity index (χ1v) is 9.17. The van der Waals surface area contributed by atoms with E-state index >= 15 is 0 Å². The van der Waals surface area contributed by atoms with E-state index in [1.54, 1.807) is 11.3 Å². The Labute approximate surface area is 130 Å². The molecule has 1 aromatic rings. The number of nitrogens with zero attached hydrogens (tertiary/aromatic N) is 3. The van der Waals surface area contributed by atoms with E-state index in [0.29, 0.717) is 12.0 Å². The predicted octanol–water partition coefficient (Wildman–Crippen LogP) is 2.72. The van der Waals surface area contributed by atoms with E-state index in [1.165, 1.54) is 45.1 Å². The summed E-state index contributed by atoms with van der Waals surface area (Å²) >= 11 is 1.55. The highest BCUT2D eigenvalue weighted by molar-refractivity contribution is 7.11. The zero-order valence-corrected chi connectivity index (χ0v) is 13.3. The van der Waals surface area contributed by atoms with Crippen LogP contribution in [0.5, 0.6) is 0 Å². The third-order valence-corrected chi connectivity index (χ3v) is 6.24. The standard InChI is InChI=1S/C16H23N3OS/c20-16(19-9-8-18-7-3-6-13(18)10-19)15-14(17-11-21-15)12-4-1-2-5-12/h11-13H,1-10H2. The molecule has 4 rings (SSSR count). The molecule has 3 aliphatic rings. The largest absolute Gasteiger partial charge is 0.335 e. The molecule has 1 atom stereocenters. The Bertz CT molecular complexity index is 523. The minimum absolute atomic E-state index is 0.242. The summed E-state index contributed by atoms with van der Waals surface area (Å²) in [5.74, 6) is 0.772. The maximum atomic E-state index is 12.9. The van der Waals surface area contributed by atoms with Gasteiger partial charge in [0, 0.05) is 31.6 Å². The number of thiazole rings is 1. The van der Waals surface area contributed by atoms with E-state index in [2.05, 4.69) is 14.8 Å². The van der Waals surface area contributed by atoms with Gasteiger partial charge >= 0.3 is 0 Å². The summed E-state index contributed by atoms with van der Waals surface area (Å²) in [6.45, 7) is 4.08. The zero-order chi connectivity index (χ0) is 14.2. The first-order chi connectivity index (χ1) is 10.3. The van der Waals surface area contributed by atoms with Crippen molar-refractivity contribution in [2.24, 2.45) is 0 Å². The smallest absolute Gasteiger partial charge is 0.265 e. The van der Waals surface area contributed by atoms with E-state index in [-0.39, 0.29) is 5.91 Å². The van der Waals surface area contributed by atoms with Crippen molar-refractivity contribution in [1.29, 1.82) is 0 Å². The van der Waals surface area contributed by atoms with Crippen molar-refractivity contribution in [2.75, 3.05) is 26.2 Å². The summed E-state index contributed by atoms with van der Waals surface area (Å²) in [5.41, 5.74) is 2.96. The number of fused-ring (bicyclic) bond motifs is 1. The lowest BCUT2D eigenvalue weighted by atomic mass is 10.0. The number of carbonyl (C=O) groups excluding carboxylic acids is 1. The van der Waals surface area contributed by atoms with Gasteiger partial charge in [0.15, 0.2) is 0 Å². The molecule has 0 radical (unpaired) electrons. The van der Waals surface area contributed by atoms with Crippen LogP contribution in [-0.2, 0) is 0 Å². The highest BCUT2D eigenvalue weighted by Crippen LogP contribution is 2.36. The SMILES string of the molecule is O=C(c1scnc1C1CCCC1)N1CCN2CCCC2C1. The van der Waals surface area contributed by atoms with Crippen LogP contribution in [0, 0.1) is 0 Å². The van der Waals surface area contributed by atoms with Gasteiger partial charge in [-0.05, 0) is 32.2 Å².